The molecule has 0 aromatic heterocycles. The van der Waals surface area contributed by atoms with Crippen LogP contribution in [0.5, 0.6) is 0 Å². The van der Waals surface area contributed by atoms with E-state index in [0.717, 1.165) is 19.3 Å². The Morgan fingerprint density at radius 3 is 2.31 bits per heavy atom. The zero-order valence-electron chi connectivity index (χ0n) is 8.58. The number of hydrogen-bond donors (Lipinski definition) is 0. The first-order valence-corrected chi connectivity index (χ1v) is 6.72. The third kappa shape index (κ3) is 8.25. The summed E-state index contributed by atoms with van der Waals surface area (Å²) in [5.41, 5.74) is 0. The largest absolute Gasteiger partial charge is 0.381 e. The zero-order chi connectivity index (χ0) is 10.2. The van der Waals surface area contributed by atoms with E-state index in [2.05, 4.69) is 6.92 Å². The van der Waals surface area contributed by atoms with E-state index in [-0.39, 0.29) is 5.75 Å². The molecule has 0 aromatic carbocycles. The summed E-state index contributed by atoms with van der Waals surface area (Å²) >= 11 is 0. The van der Waals surface area contributed by atoms with Crippen molar-refractivity contribution in [1.82, 2.24) is 0 Å². The molecule has 0 aliphatic carbocycles. The molecular weight excluding hydrogens is 188 g/mol. The van der Waals surface area contributed by atoms with Crippen LogP contribution in [0, 0.1) is 0 Å². The van der Waals surface area contributed by atoms with E-state index in [9.17, 15) is 8.42 Å². The van der Waals surface area contributed by atoms with Crippen molar-refractivity contribution in [3.63, 3.8) is 0 Å². The summed E-state index contributed by atoms with van der Waals surface area (Å²) in [6.07, 6.45) is 2.83. The second-order valence-corrected chi connectivity index (χ2v) is 5.36. The minimum Gasteiger partial charge on any atom is -0.381 e. The average molecular weight is 208 g/mol. The first-order valence-electron chi connectivity index (χ1n) is 4.90. The Hall–Kier alpha value is -0.0900. The Labute approximate surface area is 81.4 Å². The topological polar surface area (TPSA) is 43.4 Å². The van der Waals surface area contributed by atoms with Gasteiger partial charge in [0.05, 0.1) is 18.1 Å². The van der Waals surface area contributed by atoms with Gasteiger partial charge in [0.1, 0.15) is 0 Å². The van der Waals surface area contributed by atoms with E-state index in [4.69, 9.17) is 4.74 Å². The van der Waals surface area contributed by atoms with Crippen molar-refractivity contribution < 1.29 is 13.2 Å². The molecule has 0 rings (SSSR count). The monoisotopic (exact) mass is 208 g/mol. The summed E-state index contributed by atoms with van der Waals surface area (Å²) < 4.78 is 27.6. The molecule has 0 amide bonds. The van der Waals surface area contributed by atoms with Gasteiger partial charge in [0, 0.05) is 6.61 Å². The van der Waals surface area contributed by atoms with Gasteiger partial charge in [-0.15, -0.1) is 0 Å². The molecule has 0 N–H and O–H groups in total. The summed E-state index contributed by atoms with van der Waals surface area (Å²) in [5.74, 6) is 0.485. The highest BCUT2D eigenvalue weighted by Crippen LogP contribution is 2.00. The number of hydrogen-bond acceptors (Lipinski definition) is 3. The third-order valence-electron chi connectivity index (χ3n) is 1.80. The van der Waals surface area contributed by atoms with Gasteiger partial charge in [-0.25, -0.2) is 8.42 Å². The van der Waals surface area contributed by atoms with E-state index < -0.39 is 9.84 Å². The van der Waals surface area contributed by atoms with E-state index in [1.165, 1.54) is 0 Å². The van der Waals surface area contributed by atoms with E-state index >= 15 is 0 Å². The van der Waals surface area contributed by atoms with Crippen LogP contribution in [0.25, 0.3) is 0 Å². The standard InChI is InChI=1S/C9H20O3S/c1-3-5-6-8-13(10,11)9-7-12-4-2/h3-9H2,1-2H3. The smallest absolute Gasteiger partial charge is 0.152 e. The molecule has 0 saturated heterocycles. The van der Waals surface area contributed by atoms with Crippen LogP contribution in [-0.4, -0.2) is 33.1 Å². The maximum Gasteiger partial charge on any atom is 0.152 e. The molecule has 0 aliphatic heterocycles. The SMILES string of the molecule is CCCCCS(=O)(=O)CCOCC. The van der Waals surface area contributed by atoms with Gasteiger partial charge in [0.25, 0.3) is 0 Å². The fourth-order valence-corrected chi connectivity index (χ4v) is 2.22. The highest BCUT2D eigenvalue weighted by Gasteiger charge is 2.09. The molecule has 0 unspecified atom stereocenters. The maximum absolute atomic E-state index is 11.3. The minimum absolute atomic E-state index is 0.171. The van der Waals surface area contributed by atoms with Gasteiger partial charge in [0.15, 0.2) is 9.84 Å². The van der Waals surface area contributed by atoms with Gasteiger partial charge in [-0.05, 0) is 13.3 Å². The molecule has 3 nitrogen and oxygen atoms in total. The Balaban J connectivity index is 3.55. The van der Waals surface area contributed by atoms with Crippen LogP contribution in [0.15, 0.2) is 0 Å². The molecule has 4 heteroatoms. The fraction of sp³-hybridized carbons (Fsp3) is 1.00. The predicted octanol–water partition coefficient (Wildman–Crippen LogP) is 1.63. The first-order chi connectivity index (χ1) is 6.12. The van der Waals surface area contributed by atoms with Crippen LogP contribution >= 0.6 is 0 Å². The average Bonchev–Trinajstić information content (AvgIpc) is 2.05. The van der Waals surface area contributed by atoms with Crippen molar-refractivity contribution in [2.45, 2.75) is 33.1 Å². The molecular formula is C9H20O3S. The van der Waals surface area contributed by atoms with Gasteiger partial charge < -0.3 is 4.74 Å². The quantitative estimate of drug-likeness (QED) is 0.569. The summed E-state index contributed by atoms with van der Waals surface area (Å²) in [4.78, 5) is 0. The predicted molar refractivity (Wildman–Crippen MR) is 54.7 cm³/mol. The van der Waals surface area contributed by atoms with Crippen molar-refractivity contribution in [3.8, 4) is 0 Å². The molecule has 0 fully saturated rings. The second kappa shape index (κ2) is 7.33. The third-order valence-corrected chi connectivity index (χ3v) is 3.50. The van der Waals surface area contributed by atoms with Crippen LogP contribution in [-0.2, 0) is 14.6 Å². The van der Waals surface area contributed by atoms with E-state index in [1.54, 1.807) is 0 Å². The highest BCUT2D eigenvalue weighted by atomic mass is 32.2. The molecule has 0 bridgehead atoms. The van der Waals surface area contributed by atoms with Crippen molar-refractivity contribution in [3.05, 3.63) is 0 Å². The number of sulfone groups is 1. The summed E-state index contributed by atoms with van der Waals surface area (Å²) in [6, 6.07) is 0. The molecule has 13 heavy (non-hydrogen) atoms. The van der Waals surface area contributed by atoms with Crippen molar-refractivity contribution in [2.75, 3.05) is 24.7 Å². The normalized spacial score (nSPS) is 11.8. The lowest BCUT2D eigenvalue weighted by molar-refractivity contribution is 0.163. The van der Waals surface area contributed by atoms with Gasteiger partial charge in [-0.1, -0.05) is 19.8 Å². The van der Waals surface area contributed by atoms with Crippen molar-refractivity contribution in [2.24, 2.45) is 0 Å². The molecule has 0 aromatic rings. The fourth-order valence-electron chi connectivity index (χ4n) is 1.00. The zero-order valence-corrected chi connectivity index (χ0v) is 9.40. The maximum atomic E-state index is 11.3. The second-order valence-electron chi connectivity index (χ2n) is 3.06. The lowest BCUT2D eigenvalue weighted by Gasteiger charge is -2.03. The molecule has 0 heterocycles. The highest BCUT2D eigenvalue weighted by molar-refractivity contribution is 7.91. The van der Waals surface area contributed by atoms with Crippen LogP contribution in [0.4, 0.5) is 0 Å². The summed E-state index contributed by atoms with van der Waals surface area (Å²) in [7, 11) is -2.85. The Morgan fingerprint density at radius 1 is 1.08 bits per heavy atom. The van der Waals surface area contributed by atoms with Gasteiger partial charge >= 0.3 is 0 Å². The molecule has 0 atom stereocenters. The molecule has 0 saturated carbocycles. The lowest BCUT2D eigenvalue weighted by atomic mass is 10.3. The number of unbranched alkanes of at least 4 members (excludes halogenated alkanes) is 2. The minimum atomic E-state index is -2.85. The van der Waals surface area contributed by atoms with Gasteiger partial charge in [-0.3, -0.25) is 0 Å². The molecule has 0 aliphatic rings. The van der Waals surface area contributed by atoms with Crippen molar-refractivity contribution >= 4 is 9.84 Å². The van der Waals surface area contributed by atoms with E-state index in [0.29, 0.717) is 19.0 Å². The Morgan fingerprint density at radius 2 is 1.77 bits per heavy atom. The Bertz CT molecular complexity index is 181. The molecule has 80 valence electrons. The Kier molecular flexibility index (Phi) is 7.28. The number of ether oxygens (including phenoxy) is 1. The van der Waals surface area contributed by atoms with E-state index in [1.807, 2.05) is 6.92 Å². The van der Waals surface area contributed by atoms with Crippen LogP contribution < -0.4 is 0 Å². The summed E-state index contributed by atoms with van der Waals surface area (Å²) in [6.45, 7) is 4.85. The molecule has 0 radical (unpaired) electrons. The lowest BCUT2D eigenvalue weighted by Crippen LogP contribution is -2.15. The van der Waals surface area contributed by atoms with Crippen LogP contribution in [0.1, 0.15) is 33.1 Å². The van der Waals surface area contributed by atoms with Gasteiger partial charge in [-0.2, -0.15) is 0 Å². The van der Waals surface area contributed by atoms with Crippen molar-refractivity contribution in [1.29, 1.82) is 0 Å². The molecule has 0 spiro atoms. The first kappa shape index (κ1) is 12.9. The van der Waals surface area contributed by atoms with Gasteiger partial charge in [0.2, 0.25) is 0 Å². The number of rotatable bonds is 8. The summed E-state index contributed by atoms with van der Waals surface area (Å²) in [5, 5.41) is 0. The van der Waals surface area contributed by atoms with Crippen LogP contribution in [0.2, 0.25) is 0 Å². The van der Waals surface area contributed by atoms with Crippen LogP contribution in [0.3, 0.4) is 0 Å².